The highest BCUT2D eigenvalue weighted by molar-refractivity contribution is 5.81. The van der Waals surface area contributed by atoms with E-state index in [4.69, 9.17) is 0 Å². The summed E-state index contributed by atoms with van der Waals surface area (Å²) < 4.78 is 1.92. The molecule has 1 amide bonds. The van der Waals surface area contributed by atoms with Gasteiger partial charge in [-0.15, -0.1) is 0 Å². The van der Waals surface area contributed by atoms with Gasteiger partial charge in [-0.05, 0) is 26.8 Å². The van der Waals surface area contributed by atoms with Crippen LogP contribution in [0.25, 0.3) is 0 Å². The maximum Gasteiger partial charge on any atom is 0.239 e. The summed E-state index contributed by atoms with van der Waals surface area (Å²) in [6, 6.07) is 1.80. The van der Waals surface area contributed by atoms with Gasteiger partial charge in [0.1, 0.15) is 0 Å². The molecule has 5 heteroatoms. The number of rotatable bonds is 6. The van der Waals surface area contributed by atoms with Crippen molar-refractivity contribution in [3.8, 4) is 0 Å². The molecule has 5 nitrogen and oxygen atoms in total. The summed E-state index contributed by atoms with van der Waals surface area (Å²) in [6.07, 6.45) is 1.78. The van der Waals surface area contributed by atoms with Crippen molar-refractivity contribution >= 4 is 5.91 Å². The van der Waals surface area contributed by atoms with Crippen LogP contribution in [0.4, 0.5) is 0 Å². The fourth-order valence-corrected chi connectivity index (χ4v) is 1.63. The highest BCUT2D eigenvalue weighted by Gasteiger charge is 2.15. The molecule has 96 valence electrons. The number of hydrogen-bond donors (Lipinski definition) is 1. The molecule has 0 fully saturated rings. The second kappa shape index (κ2) is 6.39. The highest BCUT2D eigenvalue weighted by Crippen LogP contribution is 2.00. The Morgan fingerprint density at radius 3 is 2.88 bits per heavy atom. The second-order valence-electron chi connectivity index (χ2n) is 4.09. The van der Waals surface area contributed by atoms with Gasteiger partial charge in [0.2, 0.25) is 5.91 Å². The molecule has 1 heterocycles. The number of nitrogens with zero attached hydrogens (tertiary/aromatic N) is 3. The normalized spacial score (nSPS) is 12.5. The molecule has 1 unspecified atom stereocenters. The molecule has 0 bridgehead atoms. The van der Waals surface area contributed by atoms with Crippen molar-refractivity contribution in [1.29, 1.82) is 0 Å². The molecule has 1 N–H and O–H groups in total. The largest absolute Gasteiger partial charge is 0.345 e. The summed E-state index contributed by atoms with van der Waals surface area (Å²) in [6.45, 7) is 8.16. The summed E-state index contributed by atoms with van der Waals surface area (Å²) in [7, 11) is 1.82. The summed E-state index contributed by atoms with van der Waals surface area (Å²) >= 11 is 0. The summed E-state index contributed by atoms with van der Waals surface area (Å²) in [4.78, 5) is 13.5. The average Bonchev–Trinajstić information content (AvgIpc) is 2.81. The van der Waals surface area contributed by atoms with Crippen LogP contribution >= 0.6 is 0 Å². The first-order valence-electron chi connectivity index (χ1n) is 6.09. The van der Waals surface area contributed by atoms with Gasteiger partial charge in [0.25, 0.3) is 0 Å². The molecule has 0 radical (unpaired) electrons. The van der Waals surface area contributed by atoms with Crippen LogP contribution in [0.3, 0.4) is 0 Å². The third kappa shape index (κ3) is 3.56. The van der Waals surface area contributed by atoms with Crippen LogP contribution in [0.15, 0.2) is 12.3 Å². The van der Waals surface area contributed by atoms with Crippen molar-refractivity contribution in [1.82, 2.24) is 20.0 Å². The lowest BCUT2D eigenvalue weighted by molar-refractivity contribution is -0.131. The Morgan fingerprint density at radius 1 is 1.59 bits per heavy atom. The standard InChI is InChI=1S/C12H22N4O/c1-5-15(4)12(17)10(3)13-9-11-7-8-14-16(11)6-2/h7-8,10,13H,5-6,9H2,1-4H3. The fraction of sp³-hybridized carbons (Fsp3) is 0.667. The van der Waals surface area contributed by atoms with Crippen molar-refractivity contribution in [2.75, 3.05) is 13.6 Å². The number of likely N-dealkylation sites (N-methyl/N-ethyl adjacent to an activating group) is 1. The molecule has 17 heavy (non-hydrogen) atoms. The fourth-order valence-electron chi connectivity index (χ4n) is 1.63. The number of hydrogen-bond acceptors (Lipinski definition) is 3. The van der Waals surface area contributed by atoms with Crippen LogP contribution in [0.2, 0.25) is 0 Å². The van der Waals surface area contributed by atoms with Crippen LogP contribution in [-0.2, 0) is 17.9 Å². The predicted molar refractivity (Wildman–Crippen MR) is 67.5 cm³/mol. The molecule has 1 aromatic heterocycles. The van der Waals surface area contributed by atoms with Gasteiger partial charge >= 0.3 is 0 Å². The van der Waals surface area contributed by atoms with Gasteiger partial charge in [0.05, 0.1) is 11.7 Å². The predicted octanol–water partition coefficient (Wildman–Crippen LogP) is 0.859. The molecule has 1 rings (SSSR count). The zero-order valence-corrected chi connectivity index (χ0v) is 11.1. The Kier molecular flexibility index (Phi) is 5.15. The van der Waals surface area contributed by atoms with Crippen molar-refractivity contribution < 1.29 is 4.79 Å². The van der Waals surface area contributed by atoms with Gasteiger partial charge in [-0.2, -0.15) is 5.10 Å². The minimum absolute atomic E-state index is 0.120. The number of aryl methyl sites for hydroxylation is 1. The minimum Gasteiger partial charge on any atom is -0.345 e. The smallest absolute Gasteiger partial charge is 0.239 e. The average molecular weight is 238 g/mol. The maximum atomic E-state index is 11.8. The van der Waals surface area contributed by atoms with Crippen LogP contribution in [0.1, 0.15) is 26.5 Å². The van der Waals surface area contributed by atoms with E-state index in [0.29, 0.717) is 6.54 Å². The lowest BCUT2D eigenvalue weighted by Gasteiger charge is -2.20. The van der Waals surface area contributed by atoms with Crippen LogP contribution in [0, 0.1) is 0 Å². The van der Waals surface area contributed by atoms with Crippen LogP contribution in [-0.4, -0.2) is 40.2 Å². The van der Waals surface area contributed by atoms with E-state index in [2.05, 4.69) is 17.3 Å². The number of carbonyl (C=O) groups is 1. The SMILES string of the molecule is CCN(C)C(=O)C(C)NCc1ccnn1CC. The minimum atomic E-state index is -0.167. The summed E-state index contributed by atoms with van der Waals surface area (Å²) in [5.74, 6) is 0.120. The molecule has 0 aromatic carbocycles. The van der Waals surface area contributed by atoms with Crippen molar-refractivity contribution in [2.24, 2.45) is 0 Å². The Labute approximate surface area is 103 Å². The number of nitrogens with one attached hydrogen (secondary N) is 1. The summed E-state index contributed by atoms with van der Waals surface area (Å²) in [5, 5.41) is 7.41. The summed E-state index contributed by atoms with van der Waals surface area (Å²) in [5.41, 5.74) is 1.10. The second-order valence-corrected chi connectivity index (χ2v) is 4.09. The third-order valence-electron chi connectivity index (χ3n) is 2.91. The zero-order valence-electron chi connectivity index (χ0n) is 11.1. The molecule has 0 spiro atoms. The Bertz CT molecular complexity index is 361. The van der Waals surface area contributed by atoms with E-state index in [1.165, 1.54) is 0 Å². The molecular formula is C12H22N4O. The molecule has 0 saturated carbocycles. The third-order valence-corrected chi connectivity index (χ3v) is 2.91. The quantitative estimate of drug-likeness (QED) is 0.799. The number of carbonyl (C=O) groups excluding carboxylic acids is 1. The Morgan fingerprint density at radius 2 is 2.29 bits per heavy atom. The van der Waals surface area contributed by atoms with Gasteiger partial charge in [-0.1, -0.05) is 0 Å². The first-order chi connectivity index (χ1) is 8.10. The van der Waals surface area contributed by atoms with E-state index in [0.717, 1.165) is 18.8 Å². The van der Waals surface area contributed by atoms with Gasteiger partial charge in [0.15, 0.2) is 0 Å². The van der Waals surface area contributed by atoms with Gasteiger partial charge < -0.3 is 10.2 Å². The van der Waals surface area contributed by atoms with E-state index in [9.17, 15) is 4.79 Å². The van der Waals surface area contributed by atoms with Crippen LogP contribution < -0.4 is 5.32 Å². The lowest BCUT2D eigenvalue weighted by atomic mass is 10.2. The van der Waals surface area contributed by atoms with Gasteiger partial charge in [-0.25, -0.2) is 0 Å². The Balaban J connectivity index is 2.48. The first kappa shape index (κ1) is 13.7. The molecular weight excluding hydrogens is 216 g/mol. The van der Waals surface area contributed by atoms with Crippen molar-refractivity contribution in [2.45, 2.75) is 39.9 Å². The first-order valence-corrected chi connectivity index (χ1v) is 6.09. The number of aromatic nitrogens is 2. The molecule has 1 atom stereocenters. The van der Waals surface area contributed by atoms with E-state index in [-0.39, 0.29) is 11.9 Å². The lowest BCUT2D eigenvalue weighted by Crippen LogP contribution is -2.42. The maximum absolute atomic E-state index is 11.8. The zero-order chi connectivity index (χ0) is 12.8. The van der Waals surface area contributed by atoms with Gasteiger partial charge in [0, 0.05) is 32.9 Å². The molecule has 0 aliphatic carbocycles. The number of amides is 1. The molecule has 1 aromatic rings. The molecule has 0 aliphatic heterocycles. The van der Waals surface area contributed by atoms with Gasteiger partial charge in [-0.3, -0.25) is 9.48 Å². The molecule has 0 saturated heterocycles. The van der Waals surface area contributed by atoms with Crippen LogP contribution in [0.5, 0.6) is 0 Å². The Hall–Kier alpha value is -1.36. The topological polar surface area (TPSA) is 50.2 Å². The monoisotopic (exact) mass is 238 g/mol. The van der Waals surface area contributed by atoms with E-state index < -0.39 is 0 Å². The highest BCUT2D eigenvalue weighted by atomic mass is 16.2. The van der Waals surface area contributed by atoms with E-state index in [1.807, 2.05) is 31.6 Å². The van der Waals surface area contributed by atoms with E-state index >= 15 is 0 Å². The van der Waals surface area contributed by atoms with Crippen molar-refractivity contribution in [3.63, 3.8) is 0 Å². The van der Waals surface area contributed by atoms with E-state index in [1.54, 1.807) is 11.1 Å². The van der Waals surface area contributed by atoms with Crippen molar-refractivity contribution in [3.05, 3.63) is 18.0 Å². The molecule has 0 aliphatic rings.